The monoisotopic (exact) mass is 235 g/mol. The lowest BCUT2D eigenvalue weighted by atomic mass is 10.1. The van der Waals surface area contributed by atoms with Gasteiger partial charge < -0.3 is 15.0 Å². The second kappa shape index (κ2) is 5.87. The number of aromatic nitrogens is 1. The SMILES string of the molecule is CCNc1cncc(N2CCC(OC)CC2)c1. The van der Waals surface area contributed by atoms with Crippen LogP contribution in [0.1, 0.15) is 19.8 Å². The number of nitrogens with zero attached hydrogens (tertiary/aromatic N) is 2. The first-order valence-corrected chi connectivity index (χ1v) is 6.30. The predicted molar refractivity (Wildman–Crippen MR) is 70.6 cm³/mol. The maximum atomic E-state index is 5.38. The van der Waals surface area contributed by atoms with Crippen LogP contribution in [-0.4, -0.2) is 37.8 Å². The number of hydrogen-bond donors (Lipinski definition) is 1. The number of piperidine rings is 1. The van der Waals surface area contributed by atoms with Crippen LogP contribution in [0.2, 0.25) is 0 Å². The molecule has 0 unspecified atom stereocenters. The van der Waals surface area contributed by atoms with E-state index in [9.17, 15) is 0 Å². The number of pyridine rings is 1. The van der Waals surface area contributed by atoms with Crippen molar-refractivity contribution in [1.82, 2.24) is 4.98 Å². The van der Waals surface area contributed by atoms with E-state index in [-0.39, 0.29) is 0 Å². The number of ether oxygens (including phenoxy) is 1. The van der Waals surface area contributed by atoms with Crippen molar-refractivity contribution in [2.24, 2.45) is 0 Å². The Kier molecular flexibility index (Phi) is 4.20. The summed E-state index contributed by atoms with van der Waals surface area (Å²) in [4.78, 5) is 6.66. The topological polar surface area (TPSA) is 37.4 Å². The second-order valence-electron chi connectivity index (χ2n) is 4.38. The van der Waals surface area contributed by atoms with Gasteiger partial charge in [-0.2, -0.15) is 0 Å². The molecule has 2 rings (SSSR count). The zero-order valence-corrected chi connectivity index (χ0v) is 10.6. The van der Waals surface area contributed by atoms with Crippen LogP contribution >= 0.6 is 0 Å². The Bertz CT molecular complexity index is 348. The maximum absolute atomic E-state index is 5.38. The van der Waals surface area contributed by atoms with Gasteiger partial charge in [-0.05, 0) is 25.8 Å². The highest BCUT2D eigenvalue weighted by molar-refractivity contribution is 5.55. The first-order valence-electron chi connectivity index (χ1n) is 6.30. The normalized spacial score (nSPS) is 17.2. The van der Waals surface area contributed by atoms with Crippen LogP contribution in [0, 0.1) is 0 Å². The molecule has 1 N–H and O–H groups in total. The Morgan fingerprint density at radius 2 is 2.18 bits per heavy atom. The molecule has 0 aliphatic carbocycles. The fourth-order valence-electron chi connectivity index (χ4n) is 2.25. The number of nitrogens with one attached hydrogen (secondary N) is 1. The summed E-state index contributed by atoms with van der Waals surface area (Å²) in [5.41, 5.74) is 2.30. The van der Waals surface area contributed by atoms with E-state index >= 15 is 0 Å². The highest BCUT2D eigenvalue weighted by Gasteiger charge is 2.19. The number of rotatable bonds is 4. The number of anilines is 2. The summed E-state index contributed by atoms with van der Waals surface area (Å²) in [5.74, 6) is 0. The molecule has 1 aliphatic heterocycles. The molecule has 0 amide bonds. The molecule has 0 aromatic carbocycles. The van der Waals surface area contributed by atoms with Gasteiger partial charge in [0.1, 0.15) is 0 Å². The van der Waals surface area contributed by atoms with E-state index in [1.807, 2.05) is 12.4 Å². The van der Waals surface area contributed by atoms with Crippen molar-refractivity contribution in [2.45, 2.75) is 25.9 Å². The molecule has 17 heavy (non-hydrogen) atoms. The third-order valence-electron chi connectivity index (χ3n) is 3.25. The van der Waals surface area contributed by atoms with E-state index in [1.165, 1.54) is 5.69 Å². The number of hydrogen-bond acceptors (Lipinski definition) is 4. The second-order valence-corrected chi connectivity index (χ2v) is 4.38. The third kappa shape index (κ3) is 3.09. The van der Waals surface area contributed by atoms with E-state index in [2.05, 4.69) is 28.2 Å². The highest BCUT2D eigenvalue weighted by Crippen LogP contribution is 2.22. The molecular weight excluding hydrogens is 214 g/mol. The molecule has 94 valence electrons. The van der Waals surface area contributed by atoms with Gasteiger partial charge in [-0.15, -0.1) is 0 Å². The molecule has 0 radical (unpaired) electrons. The van der Waals surface area contributed by atoms with Gasteiger partial charge in [0, 0.05) is 26.7 Å². The molecule has 0 bridgehead atoms. The highest BCUT2D eigenvalue weighted by atomic mass is 16.5. The molecule has 1 aromatic heterocycles. The van der Waals surface area contributed by atoms with Crippen LogP contribution in [0.25, 0.3) is 0 Å². The number of methoxy groups -OCH3 is 1. The van der Waals surface area contributed by atoms with E-state index in [4.69, 9.17) is 4.74 Å². The average molecular weight is 235 g/mol. The lowest BCUT2D eigenvalue weighted by molar-refractivity contribution is 0.0819. The predicted octanol–water partition coefficient (Wildman–Crippen LogP) is 2.13. The van der Waals surface area contributed by atoms with Gasteiger partial charge in [-0.1, -0.05) is 0 Å². The molecule has 4 heteroatoms. The molecule has 2 heterocycles. The fraction of sp³-hybridized carbons (Fsp3) is 0.615. The average Bonchev–Trinajstić information content (AvgIpc) is 2.40. The van der Waals surface area contributed by atoms with Gasteiger partial charge in [0.05, 0.1) is 29.9 Å². The molecule has 1 saturated heterocycles. The summed E-state index contributed by atoms with van der Waals surface area (Å²) in [5, 5.41) is 3.29. The van der Waals surface area contributed by atoms with Crippen molar-refractivity contribution in [2.75, 3.05) is 37.0 Å². The Hall–Kier alpha value is -1.29. The van der Waals surface area contributed by atoms with Gasteiger partial charge >= 0.3 is 0 Å². The summed E-state index contributed by atoms with van der Waals surface area (Å²) in [6.45, 7) is 5.12. The Labute approximate surface area is 103 Å². The molecular formula is C13H21N3O. The zero-order chi connectivity index (χ0) is 12.1. The molecule has 0 saturated carbocycles. The zero-order valence-electron chi connectivity index (χ0n) is 10.6. The van der Waals surface area contributed by atoms with Gasteiger partial charge in [0.25, 0.3) is 0 Å². The van der Waals surface area contributed by atoms with Crippen molar-refractivity contribution in [3.8, 4) is 0 Å². The Balaban J connectivity index is 2.00. The Morgan fingerprint density at radius 1 is 1.41 bits per heavy atom. The summed E-state index contributed by atoms with van der Waals surface area (Å²) in [7, 11) is 1.80. The molecule has 1 aliphatic rings. The minimum absolute atomic E-state index is 0.427. The summed E-state index contributed by atoms with van der Waals surface area (Å²) >= 11 is 0. The molecule has 1 fully saturated rings. The smallest absolute Gasteiger partial charge is 0.0605 e. The van der Waals surface area contributed by atoms with Gasteiger partial charge in [-0.3, -0.25) is 4.98 Å². The van der Waals surface area contributed by atoms with Crippen molar-refractivity contribution in [1.29, 1.82) is 0 Å². The lowest BCUT2D eigenvalue weighted by Gasteiger charge is -2.32. The quantitative estimate of drug-likeness (QED) is 0.867. The van der Waals surface area contributed by atoms with E-state index in [0.29, 0.717) is 6.10 Å². The summed E-state index contributed by atoms with van der Waals surface area (Å²) in [6, 6.07) is 2.17. The van der Waals surface area contributed by atoms with Crippen molar-refractivity contribution >= 4 is 11.4 Å². The lowest BCUT2D eigenvalue weighted by Crippen LogP contribution is -2.36. The fourth-order valence-corrected chi connectivity index (χ4v) is 2.25. The standard InChI is InChI=1S/C13H21N3O/c1-3-15-11-8-12(10-14-9-11)16-6-4-13(17-2)5-7-16/h8-10,13,15H,3-7H2,1-2H3. The van der Waals surface area contributed by atoms with Crippen LogP contribution in [0.3, 0.4) is 0 Å². The molecule has 0 spiro atoms. The maximum Gasteiger partial charge on any atom is 0.0605 e. The first kappa shape index (κ1) is 12.2. The van der Waals surface area contributed by atoms with Crippen LogP contribution in [0.15, 0.2) is 18.5 Å². The molecule has 0 atom stereocenters. The van der Waals surface area contributed by atoms with E-state index in [1.54, 1.807) is 7.11 Å². The van der Waals surface area contributed by atoms with Gasteiger partial charge in [-0.25, -0.2) is 0 Å². The van der Waals surface area contributed by atoms with Crippen molar-refractivity contribution < 1.29 is 4.74 Å². The Morgan fingerprint density at radius 3 is 2.82 bits per heavy atom. The van der Waals surface area contributed by atoms with Crippen LogP contribution in [0.5, 0.6) is 0 Å². The van der Waals surface area contributed by atoms with Gasteiger partial charge in [0.15, 0.2) is 0 Å². The first-order chi connectivity index (χ1) is 8.33. The third-order valence-corrected chi connectivity index (χ3v) is 3.25. The summed E-state index contributed by atoms with van der Waals surface area (Å²) < 4.78 is 5.38. The largest absolute Gasteiger partial charge is 0.384 e. The minimum Gasteiger partial charge on any atom is -0.384 e. The van der Waals surface area contributed by atoms with E-state index in [0.717, 1.165) is 38.2 Å². The van der Waals surface area contributed by atoms with Crippen LogP contribution in [-0.2, 0) is 4.74 Å². The van der Waals surface area contributed by atoms with Crippen molar-refractivity contribution in [3.05, 3.63) is 18.5 Å². The molecule has 1 aromatic rings. The van der Waals surface area contributed by atoms with Crippen molar-refractivity contribution in [3.63, 3.8) is 0 Å². The van der Waals surface area contributed by atoms with E-state index < -0.39 is 0 Å². The molecule has 4 nitrogen and oxygen atoms in total. The summed E-state index contributed by atoms with van der Waals surface area (Å²) in [6.07, 6.45) is 6.43. The van der Waals surface area contributed by atoms with Gasteiger partial charge in [0.2, 0.25) is 0 Å². The van der Waals surface area contributed by atoms with Crippen LogP contribution < -0.4 is 10.2 Å². The van der Waals surface area contributed by atoms with Crippen LogP contribution in [0.4, 0.5) is 11.4 Å². The minimum atomic E-state index is 0.427.